The zero-order valence-corrected chi connectivity index (χ0v) is 10.5. The number of hydrogen-bond acceptors (Lipinski definition) is 6. The highest BCUT2D eigenvalue weighted by Crippen LogP contribution is 2.42. The Morgan fingerprint density at radius 3 is 2.75 bits per heavy atom. The van der Waals surface area contributed by atoms with Crippen LogP contribution in [0.15, 0.2) is 22.4 Å². The average molecular weight is 277 g/mol. The van der Waals surface area contributed by atoms with Crippen LogP contribution in [0.25, 0.3) is 10.9 Å². The van der Waals surface area contributed by atoms with E-state index in [1.807, 2.05) is 0 Å². The van der Waals surface area contributed by atoms with Gasteiger partial charge in [-0.15, -0.1) is 5.11 Å². The van der Waals surface area contributed by atoms with Crippen LogP contribution in [0.5, 0.6) is 17.4 Å². The van der Waals surface area contributed by atoms with Crippen molar-refractivity contribution in [2.45, 2.75) is 0 Å². The minimum atomic E-state index is -0.851. The number of fused-ring (bicyclic) bond motifs is 2. The molecule has 0 atom stereocenters. The second kappa shape index (κ2) is 4.72. The maximum Gasteiger partial charge on any atom is 0.452 e. The lowest BCUT2D eigenvalue weighted by Crippen LogP contribution is -2.15. The summed E-state index contributed by atoms with van der Waals surface area (Å²) < 4.78 is 15.3. The number of nitrogens with zero attached hydrogens (tertiary/aromatic N) is 2. The predicted molar refractivity (Wildman–Crippen MR) is 67.9 cm³/mol. The fraction of sp³-hybridized carbons (Fsp3) is 0.250. The van der Waals surface area contributed by atoms with Crippen molar-refractivity contribution in [3.63, 3.8) is 0 Å². The highest BCUT2D eigenvalue weighted by atomic mass is 16.6. The van der Waals surface area contributed by atoms with Crippen LogP contribution in [0.2, 0.25) is 0 Å². The van der Waals surface area contributed by atoms with E-state index in [0.717, 1.165) is 0 Å². The van der Waals surface area contributed by atoms with E-state index in [0.29, 0.717) is 35.6 Å². The summed E-state index contributed by atoms with van der Waals surface area (Å²) in [5.41, 5.74) is 0.743. The monoisotopic (exact) mass is 277 g/mol. The molecular formula is C12H11N3O5. The number of rotatable bonds is 1. The van der Waals surface area contributed by atoms with Gasteiger partial charge in [-0.1, -0.05) is 5.11 Å². The van der Waals surface area contributed by atoms with E-state index in [9.17, 15) is 9.90 Å². The summed E-state index contributed by atoms with van der Waals surface area (Å²) in [4.78, 5) is 13.7. The van der Waals surface area contributed by atoms with Crippen molar-refractivity contribution in [3.05, 3.63) is 12.1 Å². The Labute approximate surface area is 113 Å². The van der Waals surface area contributed by atoms with Gasteiger partial charge in [0.2, 0.25) is 5.88 Å². The van der Waals surface area contributed by atoms with Crippen LogP contribution in [0.3, 0.4) is 0 Å². The lowest BCUT2D eigenvalue weighted by atomic mass is 10.2. The Morgan fingerprint density at radius 2 is 2.05 bits per heavy atom. The third-order valence-electron chi connectivity index (χ3n) is 2.82. The number of ether oxygens (including phenoxy) is 3. The maximum atomic E-state index is 11.0. The number of amides is 1. The molecule has 8 nitrogen and oxygen atoms in total. The third kappa shape index (κ3) is 2.00. The van der Waals surface area contributed by atoms with Crippen molar-refractivity contribution < 1.29 is 24.1 Å². The first kappa shape index (κ1) is 12.3. The molecule has 2 N–H and O–H groups in total. The van der Waals surface area contributed by atoms with Crippen LogP contribution in [0.1, 0.15) is 0 Å². The number of carbonyl (C=O) groups excluding carboxylic acids is 1. The minimum absolute atomic E-state index is 0.141. The average Bonchev–Trinajstić information content (AvgIpc) is 2.76. The Bertz CT molecular complexity index is 707. The lowest BCUT2D eigenvalue weighted by molar-refractivity contribution is 0.172. The molecule has 3 rings (SSSR count). The zero-order valence-electron chi connectivity index (χ0n) is 10.5. The summed E-state index contributed by atoms with van der Waals surface area (Å²) in [6, 6.07) is 3.37. The number of aromatic nitrogens is 1. The molecule has 8 heteroatoms. The first-order chi connectivity index (χ1) is 9.69. The molecular weight excluding hydrogens is 266 g/mol. The van der Waals surface area contributed by atoms with Crippen molar-refractivity contribution >= 4 is 22.7 Å². The van der Waals surface area contributed by atoms with Gasteiger partial charge >= 0.3 is 6.09 Å². The van der Waals surface area contributed by atoms with Crippen LogP contribution < -0.4 is 9.47 Å². The largest absolute Gasteiger partial charge is 0.493 e. The molecule has 1 aromatic heterocycles. The van der Waals surface area contributed by atoms with Crippen LogP contribution in [0, 0.1) is 0 Å². The molecule has 1 amide bonds. The van der Waals surface area contributed by atoms with Gasteiger partial charge in [0.15, 0.2) is 17.2 Å². The quantitative estimate of drug-likeness (QED) is 0.779. The van der Waals surface area contributed by atoms with Crippen molar-refractivity contribution in [2.24, 2.45) is 10.2 Å². The van der Waals surface area contributed by atoms with Crippen LogP contribution in [-0.2, 0) is 4.74 Å². The predicted octanol–water partition coefficient (Wildman–Crippen LogP) is 2.49. The van der Waals surface area contributed by atoms with Gasteiger partial charge in [0.25, 0.3) is 0 Å². The Kier molecular flexibility index (Phi) is 2.90. The first-order valence-corrected chi connectivity index (χ1v) is 5.83. The van der Waals surface area contributed by atoms with E-state index < -0.39 is 6.09 Å². The molecule has 2 heterocycles. The van der Waals surface area contributed by atoms with E-state index in [2.05, 4.69) is 19.9 Å². The topological polar surface area (TPSA) is 106 Å². The van der Waals surface area contributed by atoms with Crippen LogP contribution >= 0.6 is 0 Å². The number of benzene rings is 1. The van der Waals surface area contributed by atoms with E-state index in [4.69, 9.17) is 9.47 Å². The molecule has 0 saturated carbocycles. The molecule has 0 aliphatic carbocycles. The summed E-state index contributed by atoms with van der Waals surface area (Å²) in [7, 11) is 1.19. The molecule has 0 fully saturated rings. The van der Waals surface area contributed by atoms with Gasteiger partial charge < -0.3 is 24.3 Å². The van der Waals surface area contributed by atoms with Gasteiger partial charge in [-0.05, 0) is 6.07 Å². The van der Waals surface area contributed by atoms with Crippen molar-refractivity contribution in [1.29, 1.82) is 0 Å². The molecule has 20 heavy (non-hydrogen) atoms. The van der Waals surface area contributed by atoms with Crippen molar-refractivity contribution in [3.8, 4) is 17.4 Å². The molecule has 1 aliphatic rings. The standard InChI is InChI=1S/C12H11N3O5/c1-18-12(17)15-14-10-6-4-8-9(20-3-2-19-8)5-7(6)13-11(10)16/h4-5,13,16H,2-3H2,1H3. The number of aromatic amines is 1. The Balaban J connectivity index is 2.10. The molecule has 1 aliphatic heterocycles. The van der Waals surface area contributed by atoms with Crippen molar-refractivity contribution in [2.75, 3.05) is 20.3 Å². The molecule has 0 radical (unpaired) electrons. The number of nitrogens with one attached hydrogen (secondary N) is 1. The van der Waals surface area contributed by atoms with Gasteiger partial charge in [-0.25, -0.2) is 4.79 Å². The highest BCUT2D eigenvalue weighted by Gasteiger charge is 2.18. The number of methoxy groups -OCH3 is 1. The van der Waals surface area contributed by atoms with Gasteiger partial charge in [-0.2, -0.15) is 0 Å². The number of carbonyl (C=O) groups is 1. The van der Waals surface area contributed by atoms with Gasteiger partial charge in [-0.3, -0.25) is 0 Å². The van der Waals surface area contributed by atoms with Crippen LogP contribution in [0.4, 0.5) is 10.5 Å². The normalized spacial score (nSPS) is 13.8. The molecule has 2 aromatic rings. The maximum absolute atomic E-state index is 11.0. The second-order valence-electron chi connectivity index (χ2n) is 4.03. The van der Waals surface area contributed by atoms with Crippen LogP contribution in [-0.4, -0.2) is 36.5 Å². The van der Waals surface area contributed by atoms with E-state index in [1.54, 1.807) is 12.1 Å². The van der Waals surface area contributed by atoms with Gasteiger partial charge in [0.05, 0.1) is 12.6 Å². The third-order valence-corrected chi connectivity index (χ3v) is 2.82. The summed E-state index contributed by atoms with van der Waals surface area (Å²) in [5, 5.41) is 17.4. The SMILES string of the molecule is COC(=O)N=Nc1c(O)[nH]c2cc3c(cc12)OCCO3. The number of azo groups is 1. The zero-order chi connectivity index (χ0) is 14.1. The molecule has 0 saturated heterocycles. The number of H-pyrrole nitrogens is 1. The minimum Gasteiger partial charge on any atom is -0.493 e. The van der Waals surface area contributed by atoms with Gasteiger partial charge in [0, 0.05) is 11.5 Å². The van der Waals surface area contributed by atoms with E-state index in [-0.39, 0.29) is 11.6 Å². The molecule has 0 spiro atoms. The number of aromatic hydroxyl groups is 1. The summed E-state index contributed by atoms with van der Waals surface area (Å²) >= 11 is 0. The summed E-state index contributed by atoms with van der Waals surface area (Å²) in [6.07, 6.45) is -0.851. The number of hydrogen-bond donors (Lipinski definition) is 2. The molecule has 0 bridgehead atoms. The lowest BCUT2D eigenvalue weighted by Gasteiger charge is -2.17. The van der Waals surface area contributed by atoms with E-state index in [1.165, 1.54) is 7.11 Å². The Hall–Kier alpha value is -2.77. The van der Waals surface area contributed by atoms with Gasteiger partial charge in [0.1, 0.15) is 13.2 Å². The molecule has 104 valence electrons. The Morgan fingerprint density at radius 1 is 1.35 bits per heavy atom. The first-order valence-electron chi connectivity index (χ1n) is 5.83. The van der Waals surface area contributed by atoms with Crippen molar-refractivity contribution in [1.82, 2.24) is 4.98 Å². The fourth-order valence-corrected chi connectivity index (χ4v) is 1.94. The summed E-state index contributed by atoms with van der Waals surface area (Å²) in [6.45, 7) is 0.925. The highest BCUT2D eigenvalue weighted by molar-refractivity contribution is 5.96. The summed E-state index contributed by atoms with van der Waals surface area (Å²) in [5.74, 6) is 0.939. The fourth-order valence-electron chi connectivity index (χ4n) is 1.94. The molecule has 1 aromatic carbocycles. The molecule has 0 unspecified atom stereocenters. The smallest absolute Gasteiger partial charge is 0.452 e. The van der Waals surface area contributed by atoms with E-state index >= 15 is 0 Å². The second-order valence-corrected chi connectivity index (χ2v) is 4.03.